The van der Waals surface area contributed by atoms with Gasteiger partial charge in [0.15, 0.2) is 0 Å². The fourth-order valence-electron chi connectivity index (χ4n) is 1.89. The predicted molar refractivity (Wildman–Crippen MR) is 71.9 cm³/mol. The Labute approximate surface area is 107 Å². The average molecular weight is 273 g/mol. The number of primary sulfonamides is 1. The second-order valence-electron chi connectivity index (χ2n) is 4.01. The first-order chi connectivity index (χ1) is 8.31. The molecule has 0 atom stereocenters. The van der Waals surface area contributed by atoms with Crippen LogP contribution in [0.3, 0.4) is 0 Å². The lowest BCUT2D eigenvalue weighted by molar-refractivity contribution is 0.302. The molecule has 1 rings (SSSR count). The SMILES string of the molecule is CCN(CCO)c1cc(N)cc(S(N)(=O)=O)c1C. The van der Waals surface area contributed by atoms with E-state index in [1.807, 2.05) is 11.8 Å². The Hall–Kier alpha value is -1.31. The molecule has 0 spiro atoms. The molecule has 0 aromatic heterocycles. The lowest BCUT2D eigenvalue weighted by Gasteiger charge is -2.25. The molecule has 0 saturated carbocycles. The van der Waals surface area contributed by atoms with Crippen molar-refractivity contribution in [2.75, 3.05) is 30.3 Å². The molecule has 0 amide bonds. The summed E-state index contributed by atoms with van der Waals surface area (Å²) >= 11 is 0. The number of nitrogens with two attached hydrogens (primary N) is 2. The van der Waals surface area contributed by atoms with Gasteiger partial charge in [-0.1, -0.05) is 0 Å². The van der Waals surface area contributed by atoms with Crippen molar-refractivity contribution in [3.05, 3.63) is 17.7 Å². The Kier molecular flexibility index (Phi) is 4.55. The maximum Gasteiger partial charge on any atom is 0.238 e. The molecule has 0 aliphatic heterocycles. The summed E-state index contributed by atoms with van der Waals surface area (Å²) in [5.41, 5.74) is 7.25. The van der Waals surface area contributed by atoms with Crippen LogP contribution in [0.15, 0.2) is 17.0 Å². The van der Waals surface area contributed by atoms with E-state index in [-0.39, 0.29) is 11.5 Å². The molecular formula is C11H19N3O3S. The number of rotatable bonds is 5. The topological polar surface area (TPSA) is 110 Å². The smallest absolute Gasteiger partial charge is 0.238 e. The van der Waals surface area contributed by atoms with Crippen molar-refractivity contribution >= 4 is 21.4 Å². The van der Waals surface area contributed by atoms with Gasteiger partial charge in [0.1, 0.15) is 0 Å². The second-order valence-corrected chi connectivity index (χ2v) is 5.54. The highest BCUT2D eigenvalue weighted by molar-refractivity contribution is 7.89. The van der Waals surface area contributed by atoms with Crippen LogP contribution in [-0.4, -0.2) is 33.2 Å². The fourth-order valence-corrected chi connectivity index (χ4v) is 2.72. The van der Waals surface area contributed by atoms with Gasteiger partial charge in [0.05, 0.1) is 11.5 Å². The lowest BCUT2D eigenvalue weighted by atomic mass is 10.1. The number of aliphatic hydroxyl groups is 1. The third-order valence-electron chi connectivity index (χ3n) is 2.75. The number of benzene rings is 1. The number of nitrogen functional groups attached to an aromatic ring is 1. The molecule has 102 valence electrons. The molecular weight excluding hydrogens is 254 g/mol. The molecule has 1 aromatic rings. The van der Waals surface area contributed by atoms with E-state index in [0.29, 0.717) is 30.0 Å². The van der Waals surface area contributed by atoms with Crippen molar-refractivity contribution < 1.29 is 13.5 Å². The summed E-state index contributed by atoms with van der Waals surface area (Å²) in [5.74, 6) is 0. The predicted octanol–water partition coefficient (Wildman–Crippen LogP) is 0.0432. The van der Waals surface area contributed by atoms with Crippen LogP contribution in [-0.2, 0) is 10.0 Å². The van der Waals surface area contributed by atoms with E-state index in [1.54, 1.807) is 13.0 Å². The van der Waals surface area contributed by atoms with Crippen molar-refractivity contribution in [3.63, 3.8) is 0 Å². The molecule has 0 bridgehead atoms. The van der Waals surface area contributed by atoms with Crippen molar-refractivity contribution in [1.29, 1.82) is 0 Å². The van der Waals surface area contributed by atoms with Crippen LogP contribution in [0.1, 0.15) is 12.5 Å². The highest BCUT2D eigenvalue weighted by atomic mass is 32.2. The van der Waals surface area contributed by atoms with E-state index in [4.69, 9.17) is 16.0 Å². The van der Waals surface area contributed by atoms with Crippen LogP contribution in [0, 0.1) is 6.92 Å². The van der Waals surface area contributed by atoms with Gasteiger partial charge < -0.3 is 15.7 Å². The molecule has 6 nitrogen and oxygen atoms in total. The van der Waals surface area contributed by atoms with Crippen LogP contribution in [0.4, 0.5) is 11.4 Å². The molecule has 0 aliphatic rings. The van der Waals surface area contributed by atoms with Gasteiger partial charge >= 0.3 is 0 Å². The molecule has 1 aromatic carbocycles. The Morgan fingerprint density at radius 1 is 1.39 bits per heavy atom. The van der Waals surface area contributed by atoms with E-state index >= 15 is 0 Å². The van der Waals surface area contributed by atoms with E-state index in [9.17, 15) is 8.42 Å². The van der Waals surface area contributed by atoms with Gasteiger partial charge in [-0.3, -0.25) is 0 Å². The molecule has 0 radical (unpaired) electrons. The number of nitrogens with zero attached hydrogens (tertiary/aromatic N) is 1. The van der Waals surface area contributed by atoms with Crippen LogP contribution >= 0.6 is 0 Å². The van der Waals surface area contributed by atoms with Gasteiger partial charge in [-0.05, 0) is 31.5 Å². The molecule has 0 heterocycles. The van der Waals surface area contributed by atoms with E-state index in [2.05, 4.69) is 0 Å². The monoisotopic (exact) mass is 273 g/mol. The number of sulfonamides is 1. The van der Waals surface area contributed by atoms with E-state index in [1.165, 1.54) is 6.07 Å². The molecule has 7 heteroatoms. The Balaban J connectivity index is 3.41. The average Bonchev–Trinajstić information content (AvgIpc) is 2.27. The van der Waals surface area contributed by atoms with Crippen LogP contribution in [0.5, 0.6) is 0 Å². The first kappa shape index (κ1) is 14.7. The maximum absolute atomic E-state index is 11.5. The minimum atomic E-state index is -3.80. The summed E-state index contributed by atoms with van der Waals surface area (Å²) in [4.78, 5) is 1.87. The van der Waals surface area contributed by atoms with Crippen molar-refractivity contribution in [3.8, 4) is 0 Å². The van der Waals surface area contributed by atoms with Gasteiger partial charge in [0, 0.05) is 24.5 Å². The van der Waals surface area contributed by atoms with E-state index < -0.39 is 10.0 Å². The zero-order valence-corrected chi connectivity index (χ0v) is 11.4. The molecule has 0 unspecified atom stereocenters. The summed E-state index contributed by atoms with van der Waals surface area (Å²) in [6, 6.07) is 3.03. The lowest BCUT2D eigenvalue weighted by Crippen LogP contribution is -2.28. The number of hydrogen-bond donors (Lipinski definition) is 3. The number of aliphatic hydroxyl groups excluding tert-OH is 1. The minimum absolute atomic E-state index is 0.0210. The summed E-state index contributed by atoms with van der Waals surface area (Å²) in [7, 11) is -3.80. The normalized spacial score (nSPS) is 11.6. The molecule has 0 fully saturated rings. The second kappa shape index (κ2) is 5.55. The third-order valence-corrected chi connectivity index (χ3v) is 3.79. The Bertz CT molecular complexity index is 529. The number of anilines is 2. The van der Waals surface area contributed by atoms with E-state index in [0.717, 1.165) is 0 Å². The highest BCUT2D eigenvalue weighted by Crippen LogP contribution is 2.28. The summed E-state index contributed by atoms with van der Waals surface area (Å²) in [5, 5.41) is 14.2. The highest BCUT2D eigenvalue weighted by Gasteiger charge is 2.18. The zero-order chi connectivity index (χ0) is 13.9. The van der Waals surface area contributed by atoms with Crippen molar-refractivity contribution in [1.82, 2.24) is 0 Å². The summed E-state index contributed by atoms with van der Waals surface area (Å²) in [6.45, 7) is 4.61. The quantitative estimate of drug-likeness (QED) is 0.656. The summed E-state index contributed by atoms with van der Waals surface area (Å²) in [6.07, 6.45) is 0. The molecule has 18 heavy (non-hydrogen) atoms. The molecule has 0 aliphatic carbocycles. The number of likely N-dealkylation sites (N-methyl/N-ethyl adjacent to an activating group) is 1. The summed E-state index contributed by atoms with van der Waals surface area (Å²) < 4.78 is 23.0. The standard InChI is InChI=1S/C11H19N3O3S/c1-3-14(4-5-15)10-6-9(12)7-11(8(10)2)18(13,16)17/h6-7,15H,3-5,12H2,1-2H3,(H2,13,16,17). The van der Waals surface area contributed by atoms with Gasteiger partial charge in [0.2, 0.25) is 10.0 Å². The van der Waals surface area contributed by atoms with Gasteiger partial charge in [-0.2, -0.15) is 0 Å². The first-order valence-electron chi connectivity index (χ1n) is 5.60. The largest absolute Gasteiger partial charge is 0.399 e. The third kappa shape index (κ3) is 3.12. The van der Waals surface area contributed by atoms with Gasteiger partial charge in [-0.15, -0.1) is 0 Å². The zero-order valence-electron chi connectivity index (χ0n) is 10.5. The number of hydrogen-bond acceptors (Lipinski definition) is 5. The first-order valence-corrected chi connectivity index (χ1v) is 7.14. The molecule has 0 saturated heterocycles. The Morgan fingerprint density at radius 2 is 2.00 bits per heavy atom. The van der Waals surface area contributed by atoms with Gasteiger partial charge in [-0.25, -0.2) is 13.6 Å². The Morgan fingerprint density at radius 3 is 2.44 bits per heavy atom. The van der Waals surface area contributed by atoms with Crippen LogP contribution < -0.4 is 15.8 Å². The van der Waals surface area contributed by atoms with Gasteiger partial charge in [0.25, 0.3) is 0 Å². The van der Waals surface area contributed by atoms with Crippen molar-refractivity contribution in [2.45, 2.75) is 18.7 Å². The van der Waals surface area contributed by atoms with Crippen molar-refractivity contribution in [2.24, 2.45) is 5.14 Å². The fraction of sp³-hybridized carbons (Fsp3) is 0.455. The maximum atomic E-state index is 11.5. The minimum Gasteiger partial charge on any atom is -0.399 e. The van der Waals surface area contributed by atoms with Crippen LogP contribution in [0.2, 0.25) is 0 Å². The molecule has 5 N–H and O–H groups in total. The van der Waals surface area contributed by atoms with Crippen LogP contribution in [0.25, 0.3) is 0 Å².